The Morgan fingerprint density at radius 1 is 1.53 bits per heavy atom. The largest absolute Gasteiger partial charge is 0.480 e. The number of hydrogen-bond acceptors (Lipinski definition) is 4. The summed E-state index contributed by atoms with van der Waals surface area (Å²) in [5.74, 6) is -1.64. The number of carbonyl (C=O) groups is 2. The van der Waals surface area contributed by atoms with Crippen molar-refractivity contribution >= 4 is 11.9 Å². The fourth-order valence-corrected chi connectivity index (χ4v) is 1.01. The summed E-state index contributed by atoms with van der Waals surface area (Å²) in [5, 5.41) is 13.9. The summed E-state index contributed by atoms with van der Waals surface area (Å²) in [6.45, 7) is -0.340. The molecule has 0 saturated carbocycles. The number of pyridine rings is 1. The van der Waals surface area contributed by atoms with Gasteiger partial charge < -0.3 is 10.4 Å². The second kappa shape index (κ2) is 6.09. The van der Waals surface area contributed by atoms with E-state index in [4.69, 9.17) is 10.6 Å². The van der Waals surface area contributed by atoms with Crippen LogP contribution >= 0.6 is 0 Å². The zero-order chi connectivity index (χ0) is 12.7. The summed E-state index contributed by atoms with van der Waals surface area (Å²) in [6.07, 6.45) is 1.29. The number of nitrogens with one attached hydrogen (secondary N) is 1. The van der Waals surface area contributed by atoms with Crippen LogP contribution in [0.1, 0.15) is 16.1 Å². The number of nitrogens with zero attached hydrogens (tertiary/aromatic N) is 4. The van der Waals surface area contributed by atoms with E-state index in [2.05, 4.69) is 20.3 Å². The van der Waals surface area contributed by atoms with Gasteiger partial charge in [-0.05, 0) is 17.7 Å². The monoisotopic (exact) mass is 235 g/mol. The molecule has 0 aromatic carbocycles. The molecule has 8 heteroatoms. The molecule has 1 rings (SSSR count). The van der Waals surface area contributed by atoms with Crippen LogP contribution in [-0.2, 0) is 11.3 Å². The highest BCUT2D eigenvalue weighted by atomic mass is 16.4. The third kappa shape index (κ3) is 4.18. The molecule has 0 radical (unpaired) electrons. The molecular weight excluding hydrogens is 226 g/mol. The molecule has 1 aromatic rings. The Morgan fingerprint density at radius 2 is 2.29 bits per heavy atom. The van der Waals surface area contributed by atoms with Crippen molar-refractivity contribution in [3.63, 3.8) is 0 Å². The highest BCUT2D eigenvalue weighted by Gasteiger charge is 2.07. The first-order valence-electron chi connectivity index (χ1n) is 4.59. The molecule has 0 spiro atoms. The van der Waals surface area contributed by atoms with Crippen molar-refractivity contribution in [2.75, 3.05) is 6.54 Å². The molecule has 0 aliphatic carbocycles. The Balaban J connectivity index is 2.63. The molecule has 1 heterocycles. The zero-order valence-electron chi connectivity index (χ0n) is 8.70. The first-order valence-corrected chi connectivity index (χ1v) is 4.59. The molecule has 0 aliphatic heterocycles. The van der Waals surface area contributed by atoms with E-state index < -0.39 is 18.4 Å². The van der Waals surface area contributed by atoms with Gasteiger partial charge >= 0.3 is 5.97 Å². The summed E-state index contributed by atoms with van der Waals surface area (Å²) in [5.41, 5.74) is 8.87. The van der Waals surface area contributed by atoms with Gasteiger partial charge in [0.15, 0.2) is 0 Å². The van der Waals surface area contributed by atoms with Gasteiger partial charge in [0.1, 0.15) is 6.54 Å². The maximum atomic E-state index is 11.4. The van der Waals surface area contributed by atoms with Gasteiger partial charge in [-0.25, -0.2) is 0 Å². The van der Waals surface area contributed by atoms with Gasteiger partial charge in [-0.2, -0.15) is 0 Å². The number of carboxylic acid groups (broad SMARTS) is 1. The van der Waals surface area contributed by atoms with Crippen molar-refractivity contribution in [1.82, 2.24) is 10.3 Å². The lowest BCUT2D eigenvalue weighted by Crippen LogP contribution is -2.29. The van der Waals surface area contributed by atoms with E-state index in [9.17, 15) is 9.59 Å². The van der Waals surface area contributed by atoms with Crippen LogP contribution < -0.4 is 5.32 Å². The fourth-order valence-electron chi connectivity index (χ4n) is 1.01. The van der Waals surface area contributed by atoms with Crippen LogP contribution in [0.25, 0.3) is 10.4 Å². The topological polar surface area (TPSA) is 128 Å². The minimum atomic E-state index is -1.12. The van der Waals surface area contributed by atoms with Crippen LogP contribution in [0.4, 0.5) is 0 Å². The predicted octanol–water partition coefficient (Wildman–Crippen LogP) is 0.706. The van der Waals surface area contributed by atoms with E-state index >= 15 is 0 Å². The summed E-state index contributed by atoms with van der Waals surface area (Å²) in [6, 6.07) is 3.01. The Bertz CT molecular complexity index is 464. The van der Waals surface area contributed by atoms with Crippen molar-refractivity contribution in [2.24, 2.45) is 5.11 Å². The van der Waals surface area contributed by atoms with Crippen molar-refractivity contribution in [1.29, 1.82) is 0 Å². The molecule has 0 unspecified atom stereocenters. The highest BCUT2D eigenvalue weighted by Crippen LogP contribution is 2.01. The second-order valence-corrected chi connectivity index (χ2v) is 3.00. The van der Waals surface area contributed by atoms with Gasteiger partial charge in [-0.1, -0.05) is 5.11 Å². The summed E-state index contributed by atoms with van der Waals surface area (Å²) in [7, 11) is 0. The molecule has 1 amide bonds. The third-order valence-electron chi connectivity index (χ3n) is 1.78. The Hall–Kier alpha value is -2.60. The molecule has 0 aliphatic rings. The van der Waals surface area contributed by atoms with E-state index in [0.717, 1.165) is 0 Å². The number of hydrogen-bond donors (Lipinski definition) is 2. The van der Waals surface area contributed by atoms with Crippen molar-refractivity contribution in [3.8, 4) is 0 Å². The average Bonchev–Trinajstić information content (AvgIpc) is 2.34. The number of aromatic nitrogens is 1. The highest BCUT2D eigenvalue weighted by molar-refractivity contribution is 5.95. The second-order valence-electron chi connectivity index (χ2n) is 3.00. The van der Waals surface area contributed by atoms with Crippen LogP contribution in [-0.4, -0.2) is 28.5 Å². The smallest absolute Gasteiger partial charge is 0.322 e. The van der Waals surface area contributed by atoms with E-state index in [1.165, 1.54) is 18.3 Å². The van der Waals surface area contributed by atoms with E-state index in [1.807, 2.05) is 0 Å². The number of rotatable bonds is 5. The molecule has 17 heavy (non-hydrogen) atoms. The minimum Gasteiger partial charge on any atom is -0.480 e. The Labute approximate surface area is 95.9 Å². The molecule has 2 N–H and O–H groups in total. The van der Waals surface area contributed by atoms with Crippen LogP contribution in [0.15, 0.2) is 23.4 Å². The van der Waals surface area contributed by atoms with Gasteiger partial charge in [0.05, 0.1) is 12.1 Å². The lowest BCUT2D eigenvalue weighted by Gasteiger charge is -2.02. The summed E-state index contributed by atoms with van der Waals surface area (Å²) in [4.78, 5) is 28.1. The normalized spacial score (nSPS) is 9.18. The van der Waals surface area contributed by atoms with Crippen LogP contribution in [0.2, 0.25) is 0 Å². The lowest BCUT2D eigenvalue weighted by molar-refractivity contribution is -0.135. The van der Waals surface area contributed by atoms with Crippen LogP contribution in [0, 0.1) is 0 Å². The number of aliphatic carboxylic acids is 1. The van der Waals surface area contributed by atoms with Gasteiger partial charge in [-0.15, -0.1) is 0 Å². The van der Waals surface area contributed by atoms with Gasteiger partial charge in [0, 0.05) is 16.8 Å². The Morgan fingerprint density at radius 3 is 2.82 bits per heavy atom. The molecule has 88 valence electrons. The first kappa shape index (κ1) is 12.5. The average molecular weight is 235 g/mol. The summed E-state index contributed by atoms with van der Waals surface area (Å²) >= 11 is 0. The van der Waals surface area contributed by atoms with Crippen LogP contribution in [0.3, 0.4) is 0 Å². The van der Waals surface area contributed by atoms with E-state index in [1.54, 1.807) is 0 Å². The van der Waals surface area contributed by atoms with Crippen molar-refractivity contribution in [3.05, 3.63) is 40.0 Å². The number of amides is 1. The maximum Gasteiger partial charge on any atom is 0.322 e. The lowest BCUT2D eigenvalue weighted by atomic mass is 10.2. The summed E-state index contributed by atoms with van der Waals surface area (Å²) < 4.78 is 0. The van der Waals surface area contributed by atoms with Crippen molar-refractivity contribution in [2.45, 2.75) is 6.54 Å². The minimum absolute atomic E-state index is 0.105. The molecule has 8 nitrogen and oxygen atoms in total. The van der Waals surface area contributed by atoms with Crippen molar-refractivity contribution < 1.29 is 14.7 Å². The zero-order valence-corrected chi connectivity index (χ0v) is 8.70. The standard InChI is InChI=1S/C9H9N5O3/c10-14-13-4-7-2-1-6(3-11-7)9(17)12-5-8(15)16/h1-3H,4-5H2,(H,12,17)(H,15,16). The molecule has 0 fully saturated rings. The number of azide groups is 1. The number of carbonyl (C=O) groups excluding carboxylic acids is 1. The first-order chi connectivity index (χ1) is 8.13. The van der Waals surface area contributed by atoms with Gasteiger partial charge in [0.25, 0.3) is 5.91 Å². The fraction of sp³-hybridized carbons (Fsp3) is 0.222. The van der Waals surface area contributed by atoms with Crippen LogP contribution in [0.5, 0.6) is 0 Å². The molecule has 0 bridgehead atoms. The van der Waals surface area contributed by atoms with Gasteiger partial charge in [0.2, 0.25) is 0 Å². The van der Waals surface area contributed by atoms with Gasteiger partial charge in [-0.3, -0.25) is 14.6 Å². The molecule has 1 aromatic heterocycles. The van der Waals surface area contributed by atoms with E-state index in [-0.39, 0.29) is 12.1 Å². The molecular formula is C9H9N5O3. The molecule has 0 saturated heterocycles. The Kier molecular flexibility index (Phi) is 4.46. The molecule has 0 atom stereocenters. The van der Waals surface area contributed by atoms with E-state index in [0.29, 0.717) is 5.69 Å². The third-order valence-corrected chi connectivity index (χ3v) is 1.78. The quantitative estimate of drug-likeness (QED) is 0.442. The maximum absolute atomic E-state index is 11.4. The predicted molar refractivity (Wildman–Crippen MR) is 57.1 cm³/mol. The SMILES string of the molecule is [N-]=[N+]=NCc1ccc(C(=O)NCC(=O)O)cn1. The number of carboxylic acids is 1.